The van der Waals surface area contributed by atoms with Gasteiger partial charge in [0.05, 0.1) is 16.9 Å². The molecule has 1 N–H and O–H groups in total. The Kier molecular flexibility index (Phi) is 7.61. The van der Waals surface area contributed by atoms with E-state index in [-0.39, 0.29) is 5.91 Å². The molecule has 0 aliphatic heterocycles. The molecule has 0 radical (unpaired) electrons. The number of carbonyl (C=O) groups is 1. The van der Waals surface area contributed by atoms with Crippen molar-refractivity contribution < 1.29 is 14.3 Å². The van der Waals surface area contributed by atoms with Crippen molar-refractivity contribution in [2.24, 2.45) is 5.10 Å². The Morgan fingerprint density at radius 2 is 1.85 bits per heavy atom. The number of ether oxygens (including phenoxy) is 2. The molecule has 0 saturated heterocycles. The number of hydrazone groups is 1. The Morgan fingerprint density at radius 3 is 2.67 bits per heavy atom. The number of hydrogen-bond acceptors (Lipinski definition) is 4. The molecule has 166 valence electrons. The summed E-state index contributed by atoms with van der Waals surface area (Å²) in [4.78, 5) is 12.3. The zero-order chi connectivity index (χ0) is 23.2. The summed E-state index contributed by atoms with van der Waals surface area (Å²) in [5.74, 6) is 0.979. The SMILES string of the molecule is COc1cc(/C=N\NC(=O)c2cccc(Br)c2)cc(I)c1OCc1cccc2ccccc12. The number of benzene rings is 4. The van der Waals surface area contributed by atoms with Crippen LogP contribution in [0.2, 0.25) is 0 Å². The second kappa shape index (κ2) is 10.8. The van der Waals surface area contributed by atoms with Crippen molar-refractivity contribution in [1.29, 1.82) is 0 Å². The van der Waals surface area contributed by atoms with Gasteiger partial charge in [0.15, 0.2) is 11.5 Å². The summed E-state index contributed by atoms with van der Waals surface area (Å²) < 4.78 is 13.4. The molecule has 0 fully saturated rings. The lowest BCUT2D eigenvalue weighted by molar-refractivity contribution is 0.0955. The Labute approximate surface area is 214 Å². The van der Waals surface area contributed by atoms with Gasteiger partial charge in [-0.05, 0) is 74.8 Å². The molecule has 0 unspecified atom stereocenters. The van der Waals surface area contributed by atoms with E-state index in [0.717, 1.165) is 19.2 Å². The van der Waals surface area contributed by atoms with Crippen LogP contribution in [-0.2, 0) is 6.61 Å². The molecule has 0 aliphatic rings. The van der Waals surface area contributed by atoms with Gasteiger partial charge in [0.2, 0.25) is 0 Å². The maximum absolute atomic E-state index is 12.3. The highest BCUT2D eigenvalue weighted by molar-refractivity contribution is 14.1. The van der Waals surface area contributed by atoms with Gasteiger partial charge in [0.25, 0.3) is 5.91 Å². The second-order valence-corrected chi connectivity index (χ2v) is 9.25. The normalized spacial score (nSPS) is 11.0. The molecule has 1 amide bonds. The van der Waals surface area contributed by atoms with Crippen LogP contribution in [0.3, 0.4) is 0 Å². The third kappa shape index (κ3) is 5.72. The zero-order valence-electron chi connectivity index (χ0n) is 17.7. The standard InChI is InChI=1S/C26H20BrIN2O3/c1-32-24-13-17(15-29-30-26(31)19-8-5-10-21(27)14-19)12-23(28)25(24)33-16-20-9-4-7-18-6-2-3-11-22(18)20/h2-15H,16H2,1H3,(H,30,31)/b29-15-. The molecule has 4 rings (SSSR count). The van der Waals surface area contributed by atoms with E-state index in [0.29, 0.717) is 23.7 Å². The van der Waals surface area contributed by atoms with Crippen LogP contribution in [0.25, 0.3) is 10.8 Å². The number of nitrogens with one attached hydrogen (secondary N) is 1. The maximum atomic E-state index is 12.3. The number of carbonyl (C=O) groups excluding carboxylic acids is 1. The molecule has 5 nitrogen and oxygen atoms in total. The largest absolute Gasteiger partial charge is 0.493 e. The number of hydrogen-bond donors (Lipinski definition) is 1. The molecule has 0 heterocycles. The zero-order valence-corrected chi connectivity index (χ0v) is 21.5. The number of rotatable bonds is 7. The monoisotopic (exact) mass is 614 g/mol. The van der Waals surface area contributed by atoms with E-state index in [9.17, 15) is 4.79 Å². The van der Waals surface area contributed by atoms with Gasteiger partial charge >= 0.3 is 0 Å². The maximum Gasteiger partial charge on any atom is 0.271 e. The van der Waals surface area contributed by atoms with E-state index >= 15 is 0 Å². The summed E-state index contributed by atoms with van der Waals surface area (Å²) >= 11 is 5.57. The first kappa shape index (κ1) is 23.3. The van der Waals surface area contributed by atoms with E-state index in [2.05, 4.69) is 73.3 Å². The first-order valence-electron chi connectivity index (χ1n) is 10.1. The highest BCUT2D eigenvalue weighted by Gasteiger charge is 2.12. The van der Waals surface area contributed by atoms with Crippen molar-refractivity contribution in [3.63, 3.8) is 0 Å². The first-order valence-corrected chi connectivity index (χ1v) is 12.0. The highest BCUT2D eigenvalue weighted by Crippen LogP contribution is 2.34. The summed E-state index contributed by atoms with van der Waals surface area (Å²) in [6, 6.07) is 25.3. The number of methoxy groups -OCH3 is 1. The lowest BCUT2D eigenvalue weighted by Gasteiger charge is -2.14. The number of halogens is 2. The van der Waals surface area contributed by atoms with Crippen molar-refractivity contribution in [3.8, 4) is 11.5 Å². The molecule has 0 saturated carbocycles. The van der Waals surface area contributed by atoms with Crippen LogP contribution in [0, 0.1) is 3.57 Å². The van der Waals surface area contributed by atoms with Gasteiger partial charge in [-0.1, -0.05) is 64.5 Å². The summed E-state index contributed by atoms with van der Waals surface area (Å²) in [6.45, 7) is 0.420. The van der Waals surface area contributed by atoms with Crippen LogP contribution in [0.4, 0.5) is 0 Å². The third-order valence-corrected chi connectivity index (χ3v) is 6.26. The molecule has 4 aromatic carbocycles. The Morgan fingerprint density at radius 1 is 1.06 bits per heavy atom. The molecule has 0 aromatic heterocycles. The Balaban J connectivity index is 1.48. The Bertz CT molecular complexity index is 1340. The summed E-state index contributed by atoms with van der Waals surface area (Å²) in [5.41, 5.74) is 4.95. The average molecular weight is 615 g/mol. The third-order valence-electron chi connectivity index (χ3n) is 4.97. The molecule has 33 heavy (non-hydrogen) atoms. The second-order valence-electron chi connectivity index (χ2n) is 7.17. The van der Waals surface area contributed by atoms with Crippen LogP contribution >= 0.6 is 38.5 Å². The highest BCUT2D eigenvalue weighted by atomic mass is 127. The fraction of sp³-hybridized carbons (Fsp3) is 0.0769. The van der Waals surface area contributed by atoms with Gasteiger partial charge in [-0.3, -0.25) is 4.79 Å². The van der Waals surface area contributed by atoms with Gasteiger partial charge in [0.1, 0.15) is 6.61 Å². The van der Waals surface area contributed by atoms with E-state index in [4.69, 9.17) is 9.47 Å². The van der Waals surface area contributed by atoms with Gasteiger partial charge in [0, 0.05) is 10.0 Å². The molecule has 0 aliphatic carbocycles. The fourth-order valence-corrected chi connectivity index (χ4v) is 4.56. The van der Waals surface area contributed by atoms with E-state index < -0.39 is 0 Å². The van der Waals surface area contributed by atoms with Gasteiger partial charge in [-0.25, -0.2) is 5.43 Å². The van der Waals surface area contributed by atoms with Gasteiger partial charge in [-0.2, -0.15) is 5.10 Å². The molecule has 4 aromatic rings. The predicted molar refractivity (Wildman–Crippen MR) is 143 cm³/mol. The molecule has 7 heteroatoms. The molecule has 0 atom stereocenters. The van der Waals surface area contributed by atoms with Crippen molar-refractivity contribution in [1.82, 2.24) is 5.43 Å². The van der Waals surface area contributed by atoms with E-state index in [1.54, 1.807) is 31.5 Å². The number of fused-ring (bicyclic) bond motifs is 1. The molecule has 0 bridgehead atoms. The topological polar surface area (TPSA) is 59.9 Å². The molecular weight excluding hydrogens is 595 g/mol. The van der Waals surface area contributed by atoms with E-state index in [1.807, 2.05) is 36.4 Å². The van der Waals surface area contributed by atoms with Crippen LogP contribution in [0.1, 0.15) is 21.5 Å². The van der Waals surface area contributed by atoms with Crippen molar-refractivity contribution in [2.75, 3.05) is 7.11 Å². The molecular formula is C26H20BrIN2O3. The summed E-state index contributed by atoms with van der Waals surface area (Å²) in [5, 5.41) is 6.43. The number of nitrogens with zero attached hydrogens (tertiary/aromatic N) is 1. The molecule has 0 spiro atoms. The first-order chi connectivity index (χ1) is 16.0. The quantitative estimate of drug-likeness (QED) is 0.146. The van der Waals surface area contributed by atoms with Gasteiger partial charge in [-0.15, -0.1) is 0 Å². The smallest absolute Gasteiger partial charge is 0.271 e. The summed E-state index contributed by atoms with van der Waals surface area (Å²) in [6.07, 6.45) is 1.58. The minimum atomic E-state index is -0.288. The predicted octanol–water partition coefficient (Wildman–Crippen LogP) is 6.56. The Hall–Kier alpha value is -2.91. The van der Waals surface area contributed by atoms with Crippen LogP contribution in [-0.4, -0.2) is 19.2 Å². The lowest BCUT2D eigenvalue weighted by Crippen LogP contribution is -2.17. The number of amides is 1. The summed E-state index contributed by atoms with van der Waals surface area (Å²) in [7, 11) is 1.60. The minimum absolute atomic E-state index is 0.288. The van der Waals surface area contributed by atoms with Crippen molar-refractivity contribution in [3.05, 3.63) is 104 Å². The van der Waals surface area contributed by atoms with Crippen LogP contribution in [0.15, 0.2) is 88.4 Å². The van der Waals surface area contributed by atoms with Crippen molar-refractivity contribution >= 4 is 61.4 Å². The fourth-order valence-electron chi connectivity index (χ4n) is 3.38. The van der Waals surface area contributed by atoms with Crippen LogP contribution < -0.4 is 14.9 Å². The van der Waals surface area contributed by atoms with Crippen molar-refractivity contribution in [2.45, 2.75) is 6.61 Å². The van der Waals surface area contributed by atoms with E-state index in [1.165, 1.54) is 10.8 Å². The average Bonchev–Trinajstić information content (AvgIpc) is 2.83. The lowest BCUT2D eigenvalue weighted by atomic mass is 10.1. The minimum Gasteiger partial charge on any atom is -0.493 e. The van der Waals surface area contributed by atoms with Crippen LogP contribution in [0.5, 0.6) is 11.5 Å². The van der Waals surface area contributed by atoms with Gasteiger partial charge < -0.3 is 9.47 Å².